The second-order valence-electron chi connectivity index (χ2n) is 7.00. The van der Waals surface area contributed by atoms with E-state index in [9.17, 15) is 24.1 Å². The van der Waals surface area contributed by atoms with Gasteiger partial charge in [0.25, 0.3) is 5.91 Å². The van der Waals surface area contributed by atoms with E-state index in [-0.39, 0.29) is 25.8 Å². The first-order valence-electron chi connectivity index (χ1n) is 9.63. The number of ether oxygens (including phenoxy) is 2. The molecule has 9 nitrogen and oxygen atoms in total. The molecule has 0 aliphatic carbocycles. The fraction of sp³-hybridized carbons (Fsp3) is 0.450. The summed E-state index contributed by atoms with van der Waals surface area (Å²) in [7, 11) is -3.19. The van der Waals surface area contributed by atoms with E-state index in [2.05, 4.69) is 5.32 Å². The van der Waals surface area contributed by atoms with Gasteiger partial charge < -0.3 is 24.5 Å². The van der Waals surface area contributed by atoms with Gasteiger partial charge in [-0.25, -0.2) is 9.59 Å². The lowest BCUT2D eigenvalue weighted by Gasteiger charge is -2.30. The van der Waals surface area contributed by atoms with Gasteiger partial charge in [0.2, 0.25) is 0 Å². The van der Waals surface area contributed by atoms with Crippen molar-refractivity contribution in [2.45, 2.75) is 38.6 Å². The number of nitrogens with one attached hydrogen (secondary N) is 2. The highest BCUT2D eigenvalue weighted by atomic mass is 31.2. The summed E-state index contributed by atoms with van der Waals surface area (Å²) >= 11 is 0. The van der Waals surface area contributed by atoms with Gasteiger partial charge >= 0.3 is 12.0 Å². The third-order valence-corrected chi connectivity index (χ3v) is 8.33. The predicted molar refractivity (Wildman–Crippen MR) is 111 cm³/mol. The molecular formula is C20H27N2O7P. The van der Waals surface area contributed by atoms with Crippen LogP contribution in [0.3, 0.4) is 0 Å². The molecule has 3 atom stereocenters. The third kappa shape index (κ3) is 5.29. The molecule has 164 valence electrons. The highest BCUT2D eigenvalue weighted by Crippen LogP contribution is 2.59. The van der Waals surface area contributed by atoms with Crippen molar-refractivity contribution in [2.75, 3.05) is 19.4 Å². The molecule has 30 heavy (non-hydrogen) atoms. The van der Waals surface area contributed by atoms with Gasteiger partial charge in [-0.1, -0.05) is 30.3 Å². The Bertz CT molecular complexity index is 867. The average molecular weight is 438 g/mol. The summed E-state index contributed by atoms with van der Waals surface area (Å²) in [4.78, 5) is 36.8. The number of benzene rings is 1. The lowest BCUT2D eigenvalue weighted by Crippen LogP contribution is -2.52. The summed E-state index contributed by atoms with van der Waals surface area (Å²) in [6.07, 6.45) is 1.35. The summed E-state index contributed by atoms with van der Waals surface area (Å²) in [6, 6.07) is 7.61. The molecule has 0 saturated carbocycles. The highest BCUT2D eigenvalue weighted by molar-refractivity contribution is 7.72. The Morgan fingerprint density at radius 1 is 1.23 bits per heavy atom. The zero-order chi connectivity index (χ0) is 22.4. The van der Waals surface area contributed by atoms with Gasteiger partial charge in [0.15, 0.2) is 5.57 Å². The largest absolute Gasteiger partial charge is 0.500 e. The SMILES string of the molecule is CCO/C=C(/C(=O)NC(=O)N[C@H]1[C@](C)(O)CC[P@@]1(=O)c1ccccc1)C(=O)OCC. The van der Waals surface area contributed by atoms with Crippen LogP contribution < -0.4 is 15.9 Å². The van der Waals surface area contributed by atoms with E-state index in [0.29, 0.717) is 5.30 Å². The molecule has 1 aromatic carbocycles. The third-order valence-electron chi connectivity index (χ3n) is 4.75. The second kappa shape index (κ2) is 9.91. The molecule has 2 rings (SSSR count). The molecule has 1 heterocycles. The minimum absolute atomic E-state index is 0.0347. The predicted octanol–water partition coefficient (Wildman–Crippen LogP) is 1.47. The number of hydrogen-bond donors (Lipinski definition) is 3. The zero-order valence-corrected chi connectivity index (χ0v) is 18.1. The Labute approximate surface area is 175 Å². The van der Waals surface area contributed by atoms with Gasteiger partial charge in [0.1, 0.15) is 19.2 Å². The van der Waals surface area contributed by atoms with Crippen molar-refractivity contribution in [3.63, 3.8) is 0 Å². The van der Waals surface area contributed by atoms with E-state index in [1.165, 1.54) is 6.92 Å². The molecule has 1 aromatic rings. The van der Waals surface area contributed by atoms with Crippen LogP contribution >= 0.6 is 7.14 Å². The lowest BCUT2D eigenvalue weighted by atomic mass is 10.0. The number of rotatable bonds is 7. The Morgan fingerprint density at radius 2 is 1.90 bits per heavy atom. The average Bonchev–Trinajstić information content (AvgIpc) is 2.94. The molecule has 3 amide bonds. The number of imide groups is 1. The molecule has 0 spiro atoms. The van der Waals surface area contributed by atoms with Gasteiger partial charge in [-0.15, -0.1) is 0 Å². The van der Waals surface area contributed by atoms with E-state index >= 15 is 0 Å². The molecule has 1 fully saturated rings. The summed E-state index contributed by atoms with van der Waals surface area (Å²) in [5, 5.41) is 15.7. The molecule has 1 aliphatic heterocycles. The van der Waals surface area contributed by atoms with E-state index < -0.39 is 42.0 Å². The van der Waals surface area contributed by atoms with Crippen LogP contribution in [-0.4, -0.2) is 53.8 Å². The van der Waals surface area contributed by atoms with Crippen molar-refractivity contribution in [3.05, 3.63) is 42.2 Å². The zero-order valence-electron chi connectivity index (χ0n) is 17.2. The number of carbonyl (C=O) groups is 3. The Morgan fingerprint density at radius 3 is 2.50 bits per heavy atom. The monoisotopic (exact) mass is 438 g/mol. The molecule has 0 bridgehead atoms. The van der Waals surface area contributed by atoms with Crippen LogP contribution in [-0.2, 0) is 23.6 Å². The highest BCUT2D eigenvalue weighted by Gasteiger charge is 2.53. The maximum atomic E-state index is 13.7. The molecule has 0 unspecified atom stereocenters. The molecule has 1 aliphatic rings. The second-order valence-corrected chi connectivity index (χ2v) is 10.1. The maximum Gasteiger partial charge on any atom is 0.346 e. The molecule has 0 aromatic heterocycles. The van der Waals surface area contributed by atoms with Crippen LogP contribution in [0.25, 0.3) is 0 Å². The number of esters is 1. The van der Waals surface area contributed by atoms with Crippen molar-refractivity contribution in [1.29, 1.82) is 0 Å². The maximum absolute atomic E-state index is 13.7. The Balaban J connectivity index is 2.19. The standard InChI is InChI=1S/C20H27N2O7P/c1-4-28-13-15(17(24)29-5-2)16(23)21-19(25)22-18-20(3,26)11-12-30(18,27)14-9-7-6-8-10-14/h6-10,13,18,26H,4-5,11-12H2,1-3H3,(H2,21,22,23,25)/b15-13-/t18-,20-,30-/m1/s1. The number of carbonyl (C=O) groups excluding carboxylic acids is 3. The molecule has 1 saturated heterocycles. The topological polar surface area (TPSA) is 131 Å². The first-order chi connectivity index (χ1) is 14.2. The number of amides is 3. The summed E-state index contributed by atoms with van der Waals surface area (Å²) in [5.41, 5.74) is -1.92. The van der Waals surface area contributed by atoms with Crippen molar-refractivity contribution < 1.29 is 33.5 Å². The summed E-state index contributed by atoms with van der Waals surface area (Å²) in [6.45, 7) is 4.96. The van der Waals surface area contributed by atoms with Gasteiger partial charge in [0, 0.05) is 11.5 Å². The molecular weight excluding hydrogens is 411 g/mol. The van der Waals surface area contributed by atoms with Crippen molar-refractivity contribution >= 4 is 30.4 Å². The Hall–Kier alpha value is -2.64. The van der Waals surface area contributed by atoms with Crippen LogP contribution in [0.4, 0.5) is 4.79 Å². The van der Waals surface area contributed by atoms with E-state index in [1.54, 1.807) is 44.2 Å². The quantitative estimate of drug-likeness (QED) is 0.147. The van der Waals surface area contributed by atoms with Crippen LogP contribution in [0.5, 0.6) is 0 Å². The van der Waals surface area contributed by atoms with E-state index in [1.807, 2.05) is 5.32 Å². The fourth-order valence-electron chi connectivity index (χ4n) is 3.23. The van der Waals surface area contributed by atoms with Crippen LogP contribution in [0.2, 0.25) is 0 Å². The van der Waals surface area contributed by atoms with Crippen LogP contribution in [0, 0.1) is 0 Å². The van der Waals surface area contributed by atoms with Crippen LogP contribution in [0.1, 0.15) is 27.2 Å². The first-order valence-corrected chi connectivity index (χ1v) is 11.6. The van der Waals surface area contributed by atoms with Gasteiger partial charge in [-0.05, 0) is 27.2 Å². The smallest absolute Gasteiger partial charge is 0.346 e. The minimum Gasteiger partial charge on any atom is -0.500 e. The lowest BCUT2D eigenvalue weighted by molar-refractivity contribution is -0.140. The van der Waals surface area contributed by atoms with Gasteiger partial charge in [0.05, 0.1) is 18.8 Å². The normalized spacial score (nSPS) is 26.0. The molecule has 10 heteroatoms. The summed E-state index contributed by atoms with van der Waals surface area (Å²) < 4.78 is 23.4. The van der Waals surface area contributed by atoms with Crippen LogP contribution in [0.15, 0.2) is 42.2 Å². The van der Waals surface area contributed by atoms with Gasteiger partial charge in [-0.2, -0.15) is 0 Å². The number of urea groups is 1. The van der Waals surface area contributed by atoms with Crippen molar-refractivity contribution in [3.8, 4) is 0 Å². The molecule has 3 N–H and O–H groups in total. The number of aliphatic hydroxyl groups is 1. The summed E-state index contributed by atoms with van der Waals surface area (Å²) in [5.74, 6) is -3.08. The van der Waals surface area contributed by atoms with Gasteiger partial charge in [-0.3, -0.25) is 10.1 Å². The fourth-order valence-corrected chi connectivity index (χ4v) is 6.86. The minimum atomic E-state index is -3.19. The van der Waals surface area contributed by atoms with E-state index in [4.69, 9.17) is 9.47 Å². The first kappa shape index (κ1) is 23.6. The van der Waals surface area contributed by atoms with Crippen molar-refractivity contribution in [1.82, 2.24) is 10.6 Å². The number of hydrogen-bond acceptors (Lipinski definition) is 7. The Kier molecular flexibility index (Phi) is 7.81. The van der Waals surface area contributed by atoms with E-state index in [0.717, 1.165) is 6.26 Å². The van der Waals surface area contributed by atoms with Crippen molar-refractivity contribution in [2.24, 2.45) is 0 Å². The molecule has 0 radical (unpaired) electrons.